The second-order valence-corrected chi connectivity index (χ2v) is 4.69. The first-order valence-corrected chi connectivity index (χ1v) is 6.79. The van der Waals surface area contributed by atoms with Crippen LogP contribution in [0.3, 0.4) is 0 Å². The molecule has 0 unspecified atom stereocenters. The number of rotatable bonds is 8. The average molecular weight is 266 g/mol. The van der Waals surface area contributed by atoms with Gasteiger partial charge in [-0.3, -0.25) is 0 Å². The van der Waals surface area contributed by atoms with Crippen molar-refractivity contribution in [3.8, 4) is 5.75 Å². The van der Waals surface area contributed by atoms with E-state index in [1.54, 1.807) is 0 Å². The Morgan fingerprint density at radius 1 is 1.22 bits per heavy atom. The zero-order chi connectivity index (χ0) is 13.4. The fourth-order valence-electron chi connectivity index (χ4n) is 1.74. The molecule has 0 bridgehead atoms. The summed E-state index contributed by atoms with van der Waals surface area (Å²) < 4.78 is 5.69. The number of ether oxygens (including phenoxy) is 1. The van der Waals surface area contributed by atoms with Gasteiger partial charge in [0.2, 0.25) is 0 Å². The first kappa shape index (κ1) is 14.9. The molecule has 0 saturated heterocycles. The van der Waals surface area contributed by atoms with E-state index < -0.39 is 0 Å². The van der Waals surface area contributed by atoms with Crippen LogP contribution in [-0.2, 0) is 6.42 Å². The second-order valence-electron chi connectivity index (χ2n) is 4.16. The lowest BCUT2D eigenvalue weighted by Gasteiger charge is -2.18. The van der Waals surface area contributed by atoms with Crippen LogP contribution in [0, 0.1) is 0 Å². The smallest absolute Gasteiger partial charge is 0.119 e. The van der Waals surface area contributed by atoms with Crippen LogP contribution in [0.25, 0.3) is 0 Å². The van der Waals surface area contributed by atoms with Crippen LogP contribution < -0.4 is 10.5 Å². The molecule has 0 aliphatic carbocycles. The van der Waals surface area contributed by atoms with E-state index in [1.165, 1.54) is 0 Å². The average Bonchev–Trinajstić information content (AvgIpc) is 2.36. The minimum absolute atomic E-state index is 0.519. The molecule has 3 nitrogen and oxygen atoms in total. The largest absolute Gasteiger partial charge is 0.492 e. The lowest BCUT2D eigenvalue weighted by atomic mass is 10.1. The number of benzene rings is 1. The van der Waals surface area contributed by atoms with Gasteiger partial charge in [-0.1, -0.05) is 38.2 Å². The lowest BCUT2D eigenvalue weighted by molar-refractivity contribution is 0.223. The van der Waals surface area contributed by atoms with Crippen molar-refractivity contribution < 1.29 is 4.74 Å². The molecule has 0 fully saturated rings. The molecule has 0 atom stereocenters. The van der Waals surface area contributed by atoms with Crippen molar-refractivity contribution in [1.82, 2.24) is 4.90 Å². The number of thiocarbonyl (C=S) groups is 1. The molecule has 1 aromatic rings. The number of nitrogens with zero attached hydrogens (tertiary/aromatic N) is 1. The van der Waals surface area contributed by atoms with Crippen LogP contribution >= 0.6 is 12.2 Å². The molecule has 0 aliphatic rings. The van der Waals surface area contributed by atoms with Crippen LogP contribution in [0.4, 0.5) is 0 Å². The van der Waals surface area contributed by atoms with Crippen molar-refractivity contribution in [1.29, 1.82) is 0 Å². The van der Waals surface area contributed by atoms with Crippen LogP contribution in [-0.4, -0.2) is 36.1 Å². The van der Waals surface area contributed by atoms with Gasteiger partial charge in [0.1, 0.15) is 12.4 Å². The summed E-state index contributed by atoms with van der Waals surface area (Å²) in [6.07, 6.45) is 0.648. The van der Waals surface area contributed by atoms with E-state index >= 15 is 0 Å². The predicted octanol–water partition coefficient (Wildman–Crippen LogP) is 2.24. The Balaban J connectivity index is 2.37. The van der Waals surface area contributed by atoms with Crippen molar-refractivity contribution in [3.63, 3.8) is 0 Å². The molecule has 0 aromatic heterocycles. The molecule has 1 rings (SSSR count). The van der Waals surface area contributed by atoms with E-state index in [9.17, 15) is 0 Å². The van der Waals surface area contributed by atoms with Crippen LogP contribution in [0.15, 0.2) is 24.3 Å². The number of hydrogen-bond acceptors (Lipinski definition) is 3. The molecule has 0 heterocycles. The quantitative estimate of drug-likeness (QED) is 0.732. The molecule has 4 heteroatoms. The van der Waals surface area contributed by atoms with Gasteiger partial charge in [0.05, 0.1) is 4.99 Å². The van der Waals surface area contributed by atoms with Crippen molar-refractivity contribution >= 4 is 17.2 Å². The summed E-state index contributed by atoms with van der Waals surface area (Å²) in [6.45, 7) is 8.12. The third-order valence-electron chi connectivity index (χ3n) is 2.87. The van der Waals surface area contributed by atoms with Gasteiger partial charge < -0.3 is 15.4 Å². The molecular formula is C14H22N2OS. The summed E-state index contributed by atoms with van der Waals surface area (Å²) in [4.78, 5) is 2.85. The molecule has 18 heavy (non-hydrogen) atoms. The van der Waals surface area contributed by atoms with E-state index in [0.29, 0.717) is 11.4 Å². The van der Waals surface area contributed by atoms with E-state index in [1.807, 2.05) is 24.3 Å². The van der Waals surface area contributed by atoms with Crippen molar-refractivity contribution in [2.45, 2.75) is 20.3 Å². The van der Waals surface area contributed by atoms with Crippen LogP contribution in [0.5, 0.6) is 5.75 Å². The Bertz CT molecular complexity index is 361. The monoisotopic (exact) mass is 266 g/mol. The van der Waals surface area contributed by atoms with Gasteiger partial charge in [-0.2, -0.15) is 0 Å². The Kier molecular flexibility index (Phi) is 6.68. The Labute approximate surface area is 115 Å². The van der Waals surface area contributed by atoms with Crippen LogP contribution in [0.2, 0.25) is 0 Å². The lowest BCUT2D eigenvalue weighted by Crippen LogP contribution is -2.27. The second kappa shape index (κ2) is 8.06. The summed E-state index contributed by atoms with van der Waals surface area (Å²) in [5.74, 6) is 0.897. The van der Waals surface area contributed by atoms with E-state index in [4.69, 9.17) is 22.7 Å². The highest BCUT2D eigenvalue weighted by Crippen LogP contribution is 2.12. The minimum atomic E-state index is 0.519. The number of nitrogens with two attached hydrogens (primary N) is 1. The normalized spacial score (nSPS) is 10.6. The zero-order valence-electron chi connectivity index (χ0n) is 11.2. The summed E-state index contributed by atoms with van der Waals surface area (Å²) in [6, 6.07) is 7.95. The van der Waals surface area contributed by atoms with E-state index in [2.05, 4.69) is 18.7 Å². The molecule has 0 aliphatic heterocycles. The van der Waals surface area contributed by atoms with E-state index in [-0.39, 0.29) is 0 Å². The summed E-state index contributed by atoms with van der Waals surface area (Å²) in [5.41, 5.74) is 6.63. The van der Waals surface area contributed by atoms with Gasteiger partial charge in [-0.05, 0) is 30.8 Å². The molecular weight excluding hydrogens is 244 g/mol. The topological polar surface area (TPSA) is 38.5 Å². The Morgan fingerprint density at radius 3 is 2.33 bits per heavy atom. The highest BCUT2D eigenvalue weighted by atomic mass is 32.1. The van der Waals surface area contributed by atoms with Crippen molar-refractivity contribution in [2.75, 3.05) is 26.2 Å². The van der Waals surface area contributed by atoms with Gasteiger partial charge in [0, 0.05) is 13.0 Å². The summed E-state index contributed by atoms with van der Waals surface area (Å²) in [5, 5.41) is 0. The molecule has 100 valence electrons. The fourth-order valence-corrected chi connectivity index (χ4v) is 1.90. The highest BCUT2D eigenvalue weighted by molar-refractivity contribution is 7.80. The third-order valence-corrected chi connectivity index (χ3v) is 3.02. The SMILES string of the molecule is CCN(CC)CCOc1ccc(CC(N)=S)cc1. The third kappa shape index (κ3) is 5.47. The summed E-state index contributed by atoms with van der Waals surface area (Å²) >= 11 is 4.88. The molecule has 2 N–H and O–H groups in total. The maximum atomic E-state index is 5.69. The zero-order valence-corrected chi connectivity index (χ0v) is 12.0. The fraction of sp³-hybridized carbons (Fsp3) is 0.500. The maximum Gasteiger partial charge on any atom is 0.119 e. The van der Waals surface area contributed by atoms with Crippen LogP contribution in [0.1, 0.15) is 19.4 Å². The highest BCUT2D eigenvalue weighted by Gasteiger charge is 2.00. The summed E-state index contributed by atoms with van der Waals surface area (Å²) in [7, 11) is 0. The molecule has 0 spiro atoms. The van der Waals surface area contributed by atoms with Gasteiger partial charge in [-0.25, -0.2) is 0 Å². The van der Waals surface area contributed by atoms with E-state index in [0.717, 1.165) is 37.6 Å². The Hall–Kier alpha value is -1.13. The first-order valence-electron chi connectivity index (χ1n) is 6.38. The van der Waals surface area contributed by atoms with Gasteiger partial charge >= 0.3 is 0 Å². The Morgan fingerprint density at radius 2 is 1.83 bits per heavy atom. The van der Waals surface area contributed by atoms with Crippen molar-refractivity contribution in [2.24, 2.45) is 5.73 Å². The standard InChI is InChI=1S/C14H22N2OS/c1-3-16(4-2)9-10-17-13-7-5-12(6-8-13)11-14(15)18/h5-8H,3-4,9-11H2,1-2H3,(H2,15,18). The number of hydrogen-bond donors (Lipinski definition) is 1. The maximum absolute atomic E-state index is 5.69. The minimum Gasteiger partial charge on any atom is -0.492 e. The van der Waals surface area contributed by atoms with Gasteiger partial charge in [-0.15, -0.1) is 0 Å². The molecule has 1 aromatic carbocycles. The molecule has 0 amide bonds. The van der Waals surface area contributed by atoms with Gasteiger partial charge in [0.25, 0.3) is 0 Å². The predicted molar refractivity (Wildman–Crippen MR) is 80.2 cm³/mol. The van der Waals surface area contributed by atoms with Crippen molar-refractivity contribution in [3.05, 3.63) is 29.8 Å². The first-order chi connectivity index (χ1) is 8.65. The molecule has 0 saturated carbocycles. The van der Waals surface area contributed by atoms with Gasteiger partial charge in [0.15, 0.2) is 0 Å². The number of likely N-dealkylation sites (N-methyl/N-ethyl adjacent to an activating group) is 1. The molecule has 0 radical (unpaired) electrons.